The average molecular weight is 395 g/mol. The van der Waals surface area contributed by atoms with Crippen molar-refractivity contribution in [2.45, 2.75) is 20.0 Å². The molecule has 0 aliphatic carbocycles. The quantitative estimate of drug-likeness (QED) is 0.619. The van der Waals surface area contributed by atoms with Crippen molar-refractivity contribution in [3.63, 3.8) is 0 Å². The molecule has 0 aliphatic heterocycles. The Labute approximate surface area is 167 Å². The van der Waals surface area contributed by atoms with Crippen LogP contribution in [0.25, 0.3) is 11.4 Å². The van der Waals surface area contributed by atoms with Crippen LogP contribution in [0.2, 0.25) is 0 Å². The van der Waals surface area contributed by atoms with Gasteiger partial charge in [-0.15, -0.1) is 10.2 Å². The highest BCUT2D eigenvalue weighted by atomic mass is 16.5. The van der Waals surface area contributed by atoms with E-state index in [9.17, 15) is 9.59 Å². The van der Waals surface area contributed by atoms with E-state index in [1.165, 1.54) is 4.80 Å². The summed E-state index contributed by atoms with van der Waals surface area (Å²) in [6, 6.07) is 14.7. The first-order valence-electron chi connectivity index (χ1n) is 8.93. The number of tetrazole rings is 1. The number of amides is 1. The molecule has 9 heteroatoms. The molecule has 0 fully saturated rings. The Morgan fingerprint density at radius 2 is 1.79 bits per heavy atom. The molecule has 9 nitrogen and oxygen atoms in total. The summed E-state index contributed by atoms with van der Waals surface area (Å²) in [4.78, 5) is 25.8. The van der Waals surface area contributed by atoms with E-state index in [2.05, 4.69) is 15.4 Å². The minimum absolute atomic E-state index is 0.0187. The van der Waals surface area contributed by atoms with Crippen molar-refractivity contribution < 1.29 is 19.4 Å². The van der Waals surface area contributed by atoms with E-state index in [-0.39, 0.29) is 12.5 Å². The van der Waals surface area contributed by atoms with Crippen LogP contribution in [0.15, 0.2) is 48.5 Å². The molecule has 0 bridgehead atoms. The molecule has 3 rings (SSSR count). The van der Waals surface area contributed by atoms with Crippen LogP contribution in [-0.4, -0.2) is 55.7 Å². The molecule has 1 amide bonds. The van der Waals surface area contributed by atoms with Gasteiger partial charge in [0.2, 0.25) is 11.7 Å². The minimum Gasteiger partial charge on any atom is -0.482 e. The van der Waals surface area contributed by atoms with Gasteiger partial charge in [0.05, 0.1) is 0 Å². The number of ether oxygens (including phenoxy) is 1. The number of carbonyl (C=O) groups excluding carboxylic acids is 1. The second-order valence-electron chi connectivity index (χ2n) is 6.59. The maximum atomic E-state index is 12.5. The second-order valence-corrected chi connectivity index (χ2v) is 6.59. The molecule has 29 heavy (non-hydrogen) atoms. The number of likely N-dealkylation sites (N-methyl/N-ethyl adjacent to an activating group) is 1. The van der Waals surface area contributed by atoms with Gasteiger partial charge in [-0.1, -0.05) is 42.0 Å². The molecular weight excluding hydrogens is 374 g/mol. The molecule has 0 aliphatic rings. The molecule has 0 atom stereocenters. The Bertz CT molecular complexity index is 983. The van der Waals surface area contributed by atoms with E-state index >= 15 is 0 Å². The molecule has 0 radical (unpaired) electrons. The maximum absolute atomic E-state index is 12.5. The molecule has 150 valence electrons. The smallest absolute Gasteiger partial charge is 0.341 e. The van der Waals surface area contributed by atoms with Crippen LogP contribution >= 0.6 is 0 Å². The minimum atomic E-state index is -1.04. The predicted octanol–water partition coefficient (Wildman–Crippen LogP) is 1.77. The third kappa shape index (κ3) is 5.61. The summed E-state index contributed by atoms with van der Waals surface area (Å²) in [6.07, 6.45) is 0. The molecule has 0 unspecified atom stereocenters. The number of nitrogens with zero attached hydrogens (tertiary/aromatic N) is 5. The first-order chi connectivity index (χ1) is 13.9. The fourth-order valence-corrected chi connectivity index (χ4v) is 2.57. The number of aromatic nitrogens is 4. The fourth-order valence-electron chi connectivity index (χ4n) is 2.57. The van der Waals surface area contributed by atoms with Gasteiger partial charge in [0.1, 0.15) is 12.3 Å². The maximum Gasteiger partial charge on any atom is 0.341 e. The van der Waals surface area contributed by atoms with E-state index in [0.717, 1.165) is 16.7 Å². The van der Waals surface area contributed by atoms with Crippen LogP contribution in [0.3, 0.4) is 0 Å². The van der Waals surface area contributed by atoms with Crippen LogP contribution in [0.4, 0.5) is 0 Å². The fraction of sp³-hybridized carbons (Fsp3) is 0.250. The van der Waals surface area contributed by atoms with Gasteiger partial charge in [-0.2, -0.15) is 4.80 Å². The molecule has 1 aromatic heterocycles. The topological polar surface area (TPSA) is 110 Å². The number of rotatable bonds is 8. The van der Waals surface area contributed by atoms with E-state index in [4.69, 9.17) is 9.84 Å². The summed E-state index contributed by atoms with van der Waals surface area (Å²) >= 11 is 0. The molecule has 0 saturated heterocycles. The van der Waals surface area contributed by atoms with E-state index in [1.54, 1.807) is 36.2 Å². The molecule has 1 heterocycles. The molecular formula is C20H21N5O4. The lowest BCUT2D eigenvalue weighted by molar-refractivity contribution is -0.139. The van der Waals surface area contributed by atoms with Crippen LogP contribution in [0.5, 0.6) is 5.75 Å². The Morgan fingerprint density at radius 3 is 2.45 bits per heavy atom. The first kappa shape index (κ1) is 20.0. The van der Waals surface area contributed by atoms with Gasteiger partial charge in [-0.3, -0.25) is 4.79 Å². The molecule has 0 spiro atoms. The van der Waals surface area contributed by atoms with Crippen LogP contribution in [0, 0.1) is 6.92 Å². The zero-order valence-corrected chi connectivity index (χ0v) is 16.1. The number of carboxylic acids is 1. The second kappa shape index (κ2) is 8.96. The lowest BCUT2D eigenvalue weighted by Crippen LogP contribution is -2.30. The Hall–Kier alpha value is -3.75. The number of aryl methyl sites for hydroxylation is 1. The highest BCUT2D eigenvalue weighted by Gasteiger charge is 2.13. The van der Waals surface area contributed by atoms with Gasteiger partial charge < -0.3 is 14.7 Å². The molecule has 1 N–H and O–H groups in total. The number of hydrogen-bond donors (Lipinski definition) is 1. The third-order valence-corrected chi connectivity index (χ3v) is 4.17. The molecule has 2 aromatic carbocycles. The Morgan fingerprint density at radius 1 is 1.10 bits per heavy atom. The third-order valence-electron chi connectivity index (χ3n) is 4.17. The van der Waals surface area contributed by atoms with Gasteiger partial charge in [-0.05, 0) is 29.8 Å². The van der Waals surface area contributed by atoms with Crippen molar-refractivity contribution in [3.8, 4) is 17.1 Å². The standard InChI is InChI=1S/C20H21N5O4/c1-14-3-7-16(8-4-14)20-21-23-25(22-20)12-18(26)24(2)11-15-5-9-17(10-6-15)29-13-19(27)28/h3-10H,11-13H2,1-2H3,(H,27,28). The van der Waals surface area contributed by atoms with Crippen molar-refractivity contribution in [2.24, 2.45) is 0 Å². The van der Waals surface area contributed by atoms with Crippen molar-refractivity contribution in [2.75, 3.05) is 13.7 Å². The molecule has 0 saturated carbocycles. The van der Waals surface area contributed by atoms with Gasteiger partial charge in [0.15, 0.2) is 6.61 Å². The van der Waals surface area contributed by atoms with E-state index in [0.29, 0.717) is 18.1 Å². The van der Waals surface area contributed by atoms with E-state index in [1.807, 2.05) is 31.2 Å². The SMILES string of the molecule is Cc1ccc(-c2nnn(CC(=O)N(C)Cc3ccc(OCC(=O)O)cc3)n2)cc1. The van der Waals surface area contributed by atoms with Crippen LogP contribution in [-0.2, 0) is 22.7 Å². The zero-order valence-electron chi connectivity index (χ0n) is 16.1. The number of carboxylic acid groups (broad SMARTS) is 1. The van der Waals surface area contributed by atoms with Gasteiger partial charge >= 0.3 is 5.97 Å². The number of hydrogen-bond acceptors (Lipinski definition) is 6. The largest absolute Gasteiger partial charge is 0.482 e. The summed E-state index contributed by atoms with van der Waals surface area (Å²) in [7, 11) is 1.69. The summed E-state index contributed by atoms with van der Waals surface area (Å²) in [5.74, 6) is -0.270. The van der Waals surface area contributed by atoms with Crippen molar-refractivity contribution >= 4 is 11.9 Å². The summed E-state index contributed by atoms with van der Waals surface area (Å²) in [5, 5.41) is 20.9. The lowest BCUT2D eigenvalue weighted by Gasteiger charge is -2.17. The zero-order chi connectivity index (χ0) is 20.8. The van der Waals surface area contributed by atoms with Crippen molar-refractivity contribution in [3.05, 3.63) is 59.7 Å². The van der Waals surface area contributed by atoms with Crippen LogP contribution in [0.1, 0.15) is 11.1 Å². The Balaban J connectivity index is 1.55. The normalized spacial score (nSPS) is 10.6. The van der Waals surface area contributed by atoms with Gasteiger partial charge in [0.25, 0.3) is 0 Å². The first-order valence-corrected chi connectivity index (χ1v) is 8.93. The van der Waals surface area contributed by atoms with Gasteiger partial charge in [-0.25, -0.2) is 4.79 Å². The molecule has 3 aromatic rings. The highest BCUT2D eigenvalue weighted by Crippen LogP contribution is 2.15. The Kier molecular flexibility index (Phi) is 6.18. The lowest BCUT2D eigenvalue weighted by atomic mass is 10.1. The summed E-state index contributed by atoms with van der Waals surface area (Å²) in [6.45, 7) is 1.97. The number of carbonyl (C=O) groups is 2. The van der Waals surface area contributed by atoms with Crippen LogP contribution < -0.4 is 4.74 Å². The highest BCUT2D eigenvalue weighted by molar-refractivity contribution is 5.75. The number of aliphatic carboxylic acids is 1. The van der Waals surface area contributed by atoms with Crippen molar-refractivity contribution in [1.82, 2.24) is 25.1 Å². The predicted molar refractivity (Wildman–Crippen MR) is 104 cm³/mol. The summed E-state index contributed by atoms with van der Waals surface area (Å²) < 4.78 is 5.09. The van der Waals surface area contributed by atoms with E-state index < -0.39 is 12.6 Å². The monoisotopic (exact) mass is 395 g/mol. The van der Waals surface area contributed by atoms with Gasteiger partial charge in [0, 0.05) is 19.2 Å². The van der Waals surface area contributed by atoms with Crippen molar-refractivity contribution in [1.29, 1.82) is 0 Å². The average Bonchev–Trinajstić information content (AvgIpc) is 3.16. The summed E-state index contributed by atoms with van der Waals surface area (Å²) in [5.41, 5.74) is 2.86. The number of benzene rings is 2.